The van der Waals surface area contributed by atoms with Gasteiger partial charge in [-0.15, -0.1) is 12.4 Å². The van der Waals surface area contributed by atoms with Gasteiger partial charge in [0.25, 0.3) is 0 Å². The molecule has 0 aliphatic carbocycles. The van der Waals surface area contributed by atoms with Crippen molar-refractivity contribution in [2.45, 2.75) is 24.8 Å². The quantitative estimate of drug-likeness (QED) is 0.849. The number of rotatable bonds is 6. The number of benzene rings is 1. The van der Waals surface area contributed by atoms with Gasteiger partial charge < -0.3 is 5.32 Å². The number of aromatic nitrogens is 1. The van der Waals surface area contributed by atoms with Gasteiger partial charge in [0.15, 0.2) is 0 Å². The van der Waals surface area contributed by atoms with Crippen LogP contribution in [0.2, 0.25) is 0 Å². The molecule has 0 saturated heterocycles. The van der Waals surface area contributed by atoms with E-state index in [1.165, 1.54) is 0 Å². The standard InChI is InChI=1S/C14H19N3O2S.ClH/c1-3-15-11(2)10-17-20(18,19)13-8-4-6-12-7-5-9-16-14(12)13;/h4-9,11,15,17H,3,10H2,1-2H3;1H/t11-;/m1./s1. The number of hydrogen-bond donors (Lipinski definition) is 2. The Hall–Kier alpha value is -1.21. The third kappa shape index (κ3) is 4.38. The molecule has 0 fully saturated rings. The van der Waals surface area contributed by atoms with E-state index in [2.05, 4.69) is 15.0 Å². The third-order valence-electron chi connectivity index (χ3n) is 3.02. The van der Waals surface area contributed by atoms with Gasteiger partial charge in [-0.25, -0.2) is 13.1 Å². The monoisotopic (exact) mass is 329 g/mol. The molecule has 2 N–H and O–H groups in total. The Labute approximate surface area is 131 Å². The van der Waals surface area contributed by atoms with Crippen LogP contribution in [-0.2, 0) is 10.0 Å². The number of para-hydroxylation sites is 1. The number of pyridine rings is 1. The number of fused-ring (bicyclic) bond motifs is 1. The highest BCUT2D eigenvalue weighted by atomic mass is 35.5. The highest BCUT2D eigenvalue weighted by Gasteiger charge is 2.18. The first-order chi connectivity index (χ1) is 9.54. The van der Waals surface area contributed by atoms with E-state index in [9.17, 15) is 8.42 Å². The summed E-state index contributed by atoms with van der Waals surface area (Å²) in [5.41, 5.74) is 0.499. The molecule has 2 rings (SSSR count). The van der Waals surface area contributed by atoms with Crippen LogP contribution in [0.3, 0.4) is 0 Å². The summed E-state index contributed by atoms with van der Waals surface area (Å²) in [5.74, 6) is 0. The Kier molecular flexibility index (Phi) is 6.54. The molecule has 1 heterocycles. The maximum absolute atomic E-state index is 12.4. The molecular formula is C14H20ClN3O2S. The first-order valence-corrected chi connectivity index (χ1v) is 8.09. The largest absolute Gasteiger partial charge is 0.313 e. The molecule has 1 atom stereocenters. The molecule has 116 valence electrons. The van der Waals surface area contributed by atoms with Gasteiger partial charge in [0, 0.05) is 24.2 Å². The lowest BCUT2D eigenvalue weighted by Gasteiger charge is -2.14. The van der Waals surface area contributed by atoms with Crippen LogP contribution >= 0.6 is 12.4 Å². The number of nitrogens with one attached hydrogen (secondary N) is 2. The van der Waals surface area contributed by atoms with Crippen LogP contribution in [0.1, 0.15) is 13.8 Å². The summed E-state index contributed by atoms with van der Waals surface area (Å²) in [5, 5.41) is 3.98. The van der Waals surface area contributed by atoms with Gasteiger partial charge in [0.1, 0.15) is 4.90 Å². The van der Waals surface area contributed by atoms with E-state index < -0.39 is 10.0 Å². The van der Waals surface area contributed by atoms with Crippen LogP contribution in [0.25, 0.3) is 10.9 Å². The molecule has 1 aromatic carbocycles. The SMILES string of the molecule is CCN[C@H](C)CNS(=O)(=O)c1cccc2cccnc12.Cl. The zero-order valence-electron chi connectivity index (χ0n) is 12.0. The molecule has 5 nitrogen and oxygen atoms in total. The first kappa shape index (κ1) is 17.8. The van der Waals surface area contributed by atoms with Crippen LogP contribution in [-0.4, -0.2) is 32.5 Å². The summed E-state index contributed by atoms with van der Waals surface area (Å²) in [6.07, 6.45) is 1.60. The van der Waals surface area contributed by atoms with Gasteiger partial charge in [-0.2, -0.15) is 0 Å². The number of nitrogens with zero attached hydrogens (tertiary/aromatic N) is 1. The number of sulfonamides is 1. The Morgan fingerprint density at radius 1 is 1.24 bits per heavy atom. The first-order valence-electron chi connectivity index (χ1n) is 6.61. The second-order valence-corrected chi connectivity index (χ2v) is 6.38. The van der Waals surface area contributed by atoms with Crippen LogP contribution in [0.5, 0.6) is 0 Å². The molecule has 0 radical (unpaired) electrons. The minimum absolute atomic E-state index is 0. The molecule has 7 heteroatoms. The molecule has 0 amide bonds. The van der Waals surface area contributed by atoms with Crippen LogP contribution in [0.15, 0.2) is 41.4 Å². The van der Waals surface area contributed by atoms with Crippen molar-refractivity contribution in [3.63, 3.8) is 0 Å². The van der Waals surface area contributed by atoms with Crippen molar-refractivity contribution >= 4 is 33.3 Å². The van der Waals surface area contributed by atoms with E-state index in [1.54, 1.807) is 24.4 Å². The summed E-state index contributed by atoms with van der Waals surface area (Å²) >= 11 is 0. The van der Waals surface area contributed by atoms with Crippen LogP contribution < -0.4 is 10.0 Å². The molecule has 0 aliphatic rings. The average Bonchev–Trinajstić information content (AvgIpc) is 2.45. The minimum atomic E-state index is -3.55. The molecule has 1 aromatic heterocycles. The van der Waals surface area contributed by atoms with Crippen molar-refractivity contribution in [3.05, 3.63) is 36.5 Å². The topological polar surface area (TPSA) is 71.1 Å². The maximum Gasteiger partial charge on any atom is 0.242 e. The fraction of sp³-hybridized carbons (Fsp3) is 0.357. The fourth-order valence-corrected chi connectivity index (χ4v) is 3.33. The number of likely N-dealkylation sites (N-methyl/N-ethyl adjacent to an activating group) is 1. The van der Waals surface area contributed by atoms with Crippen LogP contribution in [0.4, 0.5) is 0 Å². The van der Waals surface area contributed by atoms with E-state index in [0.29, 0.717) is 12.1 Å². The summed E-state index contributed by atoms with van der Waals surface area (Å²) in [6, 6.07) is 8.88. The van der Waals surface area contributed by atoms with E-state index in [-0.39, 0.29) is 23.3 Å². The third-order valence-corrected chi connectivity index (χ3v) is 4.47. The van der Waals surface area contributed by atoms with Gasteiger partial charge in [0.2, 0.25) is 10.0 Å². The average molecular weight is 330 g/mol. The normalized spacial score (nSPS) is 12.9. The summed E-state index contributed by atoms with van der Waals surface area (Å²) < 4.78 is 27.4. The smallest absolute Gasteiger partial charge is 0.242 e. The Morgan fingerprint density at radius 3 is 2.67 bits per heavy atom. The lowest BCUT2D eigenvalue weighted by atomic mass is 10.2. The summed E-state index contributed by atoms with van der Waals surface area (Å²) in [7, 11) is -3.55. The number of halogens is 1. The van der Waals surface area contributed by atoms with Gasteiger partial charge in [0.05, 0.1) is 5.52 Å². The molecule has 0 unspecified atom stereocenters. The molecule has 0 saturated carbocycles. The van der Waals surface area contributed by atoms with E-state index in [1.807, 2.05) is 26.0 Å². The zero-order valence-corrected chi connectivity index (χ0v) is 13.7. The van der Waals surface area contributed by atoms with Crippen molar-refractivity contribution in [3.8, 4) is 0 Å². The lowest BCUT2D eigenvalue weighted by molar-refractivity contribution is 0.536. The van der Waals surface area contributed by atoms with Crippen LogP contribution in [0, 0.1) is 0 Å². The van der Waals surface area contributed by atoms with E-state index in [0.717, 1.165) is 11.9 Å². The maximum atomic E-state index is 12.4. The van der Waals surface area contributed by atoms with E-state index in [4.69, 9.17) is 0 Å². The van der Waals surface area contributed by atoms with Gasteiger partial charge in [-0.05, 0) is 25.6 Å². The van der Waals surface area contributed by atoms with E-state index >= 15 is 0 Å². The van der Waals surface area contributed by atoms with Crippen molar-refractivity contribution in [2.75, 3.05) is 13.1 Å². The van der Waals surface area contributed by atoms with Gasteiger partial charge in [-0.3, -0.25) is 4.98 Å². The molecule has 0 bridgehead atoms. The highest BCUT2D eigenvalue weighted by molar-refractivity contribution is 7.89. The fourth-order valence-electron chi connectivity index (χ4n) is 2.03. The Balaban J connectivity index is 0.00000220. The summed E-state index contributed by atoms with van der Waals surface area (Å²) in [6.45, 7) is 5.07. The van der Waals surface area contributed by atoms with Gasteiger partial charge >= 0.3 is 0 Å². The zero-order chi connectivity index (χ0) is 14.6. The van der Waals surface area contributed by atoms with Gasteiger partial charge in [-0.1, -0.05) is 25.1 Å². The predicted molar refractivity (Wildman–Crippen MR) is 87.3 cm³/mol. The van der Waals surface area contributed by atoms with Crippen molar-refractivity contribution in [1.29, 1.82) is 0 Å². The van der Waals surface area contributed by atoms with Crippen molar-refractivity contribution in [1.82, 2.24) is 15.0 Å². The molecule has 0 aliphatic heterocycles. The molecular weight excluding hydrogens is 310 g/mol. The Morgan fingerprint density at radius 2 is 1.95 bits per heavy atom. The molecule has 21 heavy (non-hydrogen) atoms. The second-order valence-electron chi connectivity index (χ2n) is 4.64. The second kappa shape index (κ2) is 7.70. The minimum Gasteiger partial charge on any atom is -0.313 e. The van der Waals surface area contributed by atoms with Crippen molar-refractivity contribution in [2.24, 2.45) is 0 Å². The molecule has 2 aromatic rings. The summed E-state index contributed by atoms with van der Waals surface area (Å²) in [4.78, 5) is 4.40. The Bertz CT molecular complexity index is 686. The lowest BCUT2D eigenvalue weighted by Crippen LogP contribution is -2.38. The predicted octanol–water partition coefficient (Wildman–Crippen LogP) is 1.93. The highest BCUT2D eigenvalue weighted by Crippen LogP contribution is 2.20. The number of hydrogen-bond acceptors (Lipinski definition) is 4. The molecule has 0 spiro atoms. The van der Waals surface area contributed by atoms with Crippen molar-refractivity contribution < 1.29 is 8.42 Å².